The zero-order valence-electron chi connectivity index (χ0n) is 14.9. The Hall–Kier alpha value is -3.17. The summed E-state index contributed by atoms with van der Waals surface area (Å²) in [4.78, 5) is 11.8. The highest BCUT2D eigenvalue weighted by Gasteiger charge is 2.15. The summed E-state index contributed by atoms with van der Waals surface area (Å²) in [6.07, 6.45) is 1.50. The molecule has 148 valence electrons. The van der Waals surface area contributed by atoms with Crippen LogP contribution in [0.15, 0.2) is 36.8 Å². The average Bonchev–Trinajstić information content (AvgIpc) is 3.02. The van der Waals surface area contributed by atoms with E-state index in [4.69, 9.17) is 4.74 Å². The van der Waals surface area contributed by atoms with E-state index >= 15 is 0 Å². The summed E-state index contributed by atoms with van der Waals surface area (Å²) < 4.78 is 61.7. The predicted molar refractivity (Wildman–Crippen MR) is 91.7 cm³/mol. The number of ether oxygens (including phenoxy) is 2. The SMILES string of the molecule is COc1ncc(Cn2cc(C(F)F)nc2C)cc1-c1ccnc(OC(F)F)c1. The third-order valence-electron chi connectivity index (χ3n) is 3.93. The van der Waals surface area contributed by atoms with Crippen LogP contribution in [0.25, 0.3) is 11.1 Å². The van der Waals surface area contributed by atoms with Gasteiger partial charge >= 0.3 is 6.61 Å². The van der Waals surface area contributed by atoms with Gasteiger partial charge in [-0.3, -0.25) is 0 Å². The first-order valence-electron chi connectivity index (χ1n) is 8.13. The molecule has 0 spiro atoms. The van der Waals surface area contributed by atoms with Crippen molar-refractivity contribution >= 4 is 0 Å². The summed E-state index contributed by atoms with van der Waals surface area (Å²) in [5.74, 6) is 0.463. The number of methoxy groups -OCH3 is 1. The summed E-state index contributed by atoms with van der Waals surface area (Å²) >= 11 is 0. The number of pyridine rings is 2. The lowest BCUT2D eigenvalue weighted by Crippen LogP contribution is -2.04. The van der Waals surface area contributed by atoms with Crippen molar-refractivity contribution in [2.24, 2.45) is 0 Å². The van der Waals surface area contributed by atoms with Crippen LogP contribution in [-0.4, -0.2) is 33.2 Å². The minimum atomic E-state index is -3.00. The molecule has 0 unspecified atom stereocenters. The zero-order valence-corrected chi connectivity index (χ0v) is 14.9. The summed E-state index contributed by atoms with van der Waals surface area (Å²) in [6.45, 7) is -1.12. The minimum Gasteiger partial charge on any atom is -0.481 e. The molecule has 0 aliphatic rings. The van der Waals surface area contributed by atoms with Crippen molar-refractivity contribution in [3.63, 3.8) is 0 Å². The standard InChI is InChI=1S/C18H16F4N4O2/c1-10-25-14(16(19)20)9-26(10)8-11-5-13(17(27-2)24-7-11)12-3-4-23-15(6-12)28-18(21)22/h3-7,9,16,18H,8H2,1-2H3. The van der Waals surface area contributed by atoms with Crippen LogP contribution in [0.5, 0.6) is 11.8 Å². The van der Waals surface area contributed by atoms with Crippen LogP contribution in [0.4, 0.5) is 17.6 Å². The van der Waals surface area contributed by atoms with Crippen LogP contribution < -0.4 is 9.47 Å². The fourth-order valence-electron chi connectivity index (χ4n) is 2.68. The van der Waals surface area contributed by atoms with E-state index in [0.29, 0.717) is 22.5 Å². The van der Waals surface area contributed by atoms with Crippen molar-refractivity contribution in [2.45, 2.75) is 26.5 Å². The van der Waals surface area contributed by atoms with Gasteiger partial charge in [-0.05, 0) is 30.2 Å². The molecule has 0 bridgehead atoms. The second-order valence-corrected chi connectivity index (χ2v) is 5.80. The third-order valence-corrected chi connectivity index (χ3v) is 3.93. The number of rotatable bonds is 7. The summed E-state index contributed by atoms with van der Waals surface area (Å²) in [6, 6.07) is 4.67. The molecule has 0 saturated heterocycles. The first-order valence-corrected chi connectivity index (χ1v) is 8.13. The molecule has 0 aromatic carbocycles. The molecule has 0 fully saturated rings. The molecule has 6 nitrogen and oxygen atoms in total. The molecule has 0 aliphatic carbocycles. The zero-order chi connectivity index (χ0) is 20.3. The highest BCUT2D eigenvalue weighted by Crippen LogP contribution is 2.31. The van der Waals surface area contributed by atoms with Gasteiger partial charge in [-0.2, -0.15) is 8.78 Å². The van der Waals surface area contributed by atoms with Gasteiger partial charge in [-0.25, -0.2) is 23.7 Å². The van der Waals surface area contributed by atoms with Crippen LogP contribution in [0.2, 0.25) is 0 Å². The van der Waals surface area contributed by atoms with Crippen molar-refractivity contribution in [3.8, 4) is 22.9 Å². The predicted octanol–water partition coefficient (Wildman–Crippen LogP) is 4.24. The number of halogens is 4. The third kappa shape index (κ3) is 4.38. The lowest BCUT2D eigenvalue weighted by molar-refractivity contribution is -0.0528. The molecule has 0 saturated carbocycles. The number of nitrogens with zero attached hydrogens (tertiary/aromatic N) is 4. The Labute approximate surface area is 157 Å². The van der Waals surface area contributed by atoms with Gasteiger partial charge in [0.05, 0.1) is 13.7 Å². The van der Waals surface area contributed by atoms with E-state index in [9.17, 15) is 17.6 Å². The number of imidazole rings is 1. The normalized spacial score (nSPS) is 11.3. The van der Waals surface area contributed by atoms with Crippen molar-refractivity contribution in [2.75, 3.05) is 7.11 Å². The number of aromatic nitrogens is 4. The molecule has 0 N–H and O–H groups in total. The van der Waals surface area contributed by atoms with Crippen LogP contribution in [0, 0.1) is 6.92 Å². The molecule has 10 heteroatoms. The van der Waals surface area contributed by atoms with E-state index in [1.807, 2.05) is 0 Å². The molecular weight excluding hydrogens is 380 g/mol. The van der Waals surface area contributed by atoms with Crippen molar-refractivity contribution in [3.05, 3.63) is 53.9 Å². The van der Waals surface area contributed by atoms with Gasteiger partial charge in [0.15, 0.2) is 0 Å². The van der Waals surface area contributed by atoms with Crippen molar-refractivity contribution in [1.29, 1.82) is 0 Å². The molecule has 0 amide bonds. The quantitative estimate of drug-likeness (QED) is 0.559. The van der Waals surface area contributed by atoms with Crippen LogP contribution in [-0.2, 0) is 6.54 Å². The maximum absolute atomic E-state index is 12.8. The Morgan fingerprint density at radius 3 is 2.57 bits per heavy atom. The van der Waals surface area contributed by atoms with Gasteiger partial charge in [0.2, 0.25) is 11.8 Å². The maximum Gasteiger partial charge on any atom is 0.388 e. The lowest BCUT2D eigenvalue weighted by atomic mass is 10.1. The largest absolute Gasteiger partial charge is 0.481 e. The molecule has 0 radical (unpaired) electrons. The molecule has 28 heavy (non-hydrogen) atoms. The van der Waals surface area contributed by atoms with Gasteiger partial charge < -0.3 is 14.0 Å². The van der Waals surface area contributed by atoms with E-state index in [1.165, 1.54) is 25.6 Å². The number of alkyl halides is 4. The van der Waals surface area contributed by atoms with E-state index in [1.54, 1.807) is 29.8 Å². The van der Waals surface area contributed by atoms with Gasteiger partial charge in [-0.15, -0.1) is 0 Å². The highest BCUT2D eigenvalue weighted by molar-refractivity contribution is 5.69. The molecule has 3 aromatic heterocycles. The molecule has 0 atom stereocenters. The average molecular weight is 396 g/mol. The highest BCUT2D eigenvalue weighted by atomic mass is 19.3. The van der Waals surface area contributed by atoms with Gasteiger partial charge in [0.25, 0.3) is 6.43 Å². The Bertz CT molecular complexity index is 963. The molecule has 3 aromatic rings. The minimum absolute atomic E-state index is 0.244. The molecule has 0 aliphatic heterocycles. The number of hydrogen-bond acceptors (Lipinski definition) is 5. The molecule has 3 heterocycles. The van der Waals surface area contributed by atoms with Crippen LogP contribution >= 0.6 is 0 Å². The fraction of sp³-hybridized carbons (Fsp3) is 0.278. The van der Waals surface area contributed by atoms with E-state index < -0.39 is 13.0 Å². The number of hydrogen-bond donors (Lipinski definition) is 0. The Morgan fingerprint density at radius 2 is 1.93 bits per heavy atom. The maximum atomic E-state index is 12.8. The van der Waals surface area contributed by atoms with E-state index in [0.717, 1.165) is 0 Å². The van der Waals surface area contributed by atoms with E-state index in [2.05, 4.69) is 19.7 Å². The summed E-state index contributed by atoms with van der Waals surface area (Å²) in [5.41, 5.74) is 1.41. The smallest absolute Gasteiger partial charge is 0.388 e. The fourth-order valence-corrected chi connectivity index (χ4v) is 2.68. The van der Waals surface area contributed by atoms with Gasteiger partial charge in [0, 0.05) is 30.2 Å². The van der Waals surface area contributed by atoms with Crippen molar-refractivity contribution < 1.29 is 27.0 Å². The van der Waals surface area contributed by atoms with Crippen LogP contribution in [0.3, 0.4) is 0 Å². The van der Waals surface area contributed by atoms with Crippen LogP contribution in [0.1, 0.15) is 23.5 Å². The Morgan fingerprint density at radius 1 is 1.14 bits per heavy atom. The molecular formula is C18H16F4N4O2. The second kappa shape index (κ2) is 8.24. The lowest BCUT2D eigenvalue weighted by Gasteiger charge is -2.12. The van der Waals surface area contributed by atoms with Gasteiger partial charge in [0.1, 0.15) is 11.5 Å². The summed E-state index contributed by atoms with van der Waals surface area (Å²) in [7, 11) is 1.43. The summed E-state index contributed by atoms with van der Waals surface area (Å²) in [5, 5.41) is 0. The first-order chi connectivity index (χ1) is 13.4. The first kappa shape index (κ1) is 19.6. The Kier molecular flexibility index (Phi) is 5.76. The monoisotopic (exact) mass is 396 g/mol. The van der Waals surface area contributed by atoms with Crippen molar-refractivity contribution in [1.82, 2.24) is 19.5 Å². The Balaban J connectivity index is 1.95. The molecule has 3 rings (SSSR count). The van der Waals surface area contributed by atoms with Gasteiger partial charge in [-0.1, -0.05) is 0 Å². The second-order valence-electron chi connectivity index (χ2n) is 5.80. The topological polar surface area (TPSA) is 62.1 Å². The number of aryl methyl sites for hydroxylation is 1. The van der Waals surface area contributed by atoms with E-state index in [-0.39, 0.29) is 24.0 Å².